The summed E-state index contributed by atoms with van der Waals surface area (Å²) in [7, 11) is 4.75. The van der Waals surface area contributed by atoms with Crippen LogP contribution in [0.5, 0.6) is 17.2 Å². The van der Waals surface area contributed by atoms with Crippen LogP contribution in [0.4, 0.5) is 0 Å². The summed E-state index contributed by atoms with van der Waals surface area (Å²) in [6, 6.07) is 12.2. The van der Waals surface area contributed by atoms with Crippen LogP contribution in [0.3, 0.4) is 0 Å². The van der Waals surface area contributed by atoms with Gasteiger partial charge in [-0.1, -0.05) is 24.3 Å². The van der Waals surface area contributed by atoms with Gasteiger partial charge in [-0.2, -0.15) is 0 Å². The van der Waals surface area contributed by atoms with Crippen LogP contribution in [0, 0.1) is 0 Å². The number of aliphatic hydroxyl groups excluding tert-OH is 1. The van der Waals surface area contributed by atoms with Crippen LogP contribution in [0.15, 0.2) is 36.4 Å². The standard InChI is InChI=1S/C22H29NO5.ClH/c1-25-20-10-16(11-21(26-2)22(20)27-3)14-28-15-19(24)13-23-9-8-17-6-4-5-7-18(17)12-23;/h4-7,10-11,19,24H,8-9,12-15H2,1-3H3;1H/p-1. The second-order valence-electron chi connectivity index (χ2n) is 6.96. The second-order valence-corrected chi connectivity index (χ2v) is 6.96. The van der Waals surface area contributed by atoms with E-state index in [-0.39, 0.29) is 19.0 Å². The summed E-state index contributed by atoms with van der Waals surface area (Å²) in [4.78, 5) is 2.27. The lowest BCUT2D eigenvalue weighted by atomic mass is 10.00. The molecule has 1 N–H and O–H groups in total. The van der Waals surface area contributed by atoms with Gasteiger partial charge in [0.2, 0.25) is 5.75 Å². The third-order valence-electron chi connectivity index (χ3n) is 4.98. The van der Waals surface area contributed by atoms with Gasteiger partial charge in [-0.15, -0.1) is 0 Å². The Bertz CT molecular complexity index is 761. The van der Waals surface area contributed by atoms with E-state index >= 15 is 0 Å². The Morgan fingerprint density at radius 2 is 1.66 bits per heavy atom. The molecule has 1 unspecified atom stereocenters. The fourth-order valence-corrected chi connectivity index (χ4v) is 3.59. The number of hydrogen-bond acceptors (Lipinski definition) is 6. The van der Waals surface area contributed by atoms with E-state index in [4.69, 9.17) is 18.9 Å². The highest BCUT2D eigenvalue weighted by Crippen LogP contribution is 2.38. The van der Waals surface area contributed by atoms with Gasteiger partial charge in [-0.05, 0) is 35.2 Å². The fourth-order valence-electron chi connectivity index (χ4n) is 3.59. The van der Waals surface area contributed by atoms with Crippen molar-refractivity contribution in [3.05, 3.63) is 53.1 Å². The summed E-state index contributed by atoms with van der Waals surface area (Å²) in [5, 5.41) is 10.4. The lowest BCUT2D eigenvalue weighted by Gasteiger charge is -2.30. The molecule has 0 saturated heterocycles. The average molecular weight is 423 g/mol. The first-order valence-corrected chi connectivity index (χ1v) is 9.48. The van der Waals surface area contributed by atoms with Crippen LogP contribution in [0.25, 0.3) is 0 Å². The van der Waals surface area contributed by atoms with Crippen LogP contribution in [0.2, 0.25) is 0 Å². The predicted octanol–water partition coefficient (Wildman–Crippen LogP) is -0.348. The third kappa shape index (κ3) is 6.00. The lowest BCUT2D eigenvalue weighted by Crippen LogP contribution is -3.00. The van der Waals surface area contributed by atoms with E-state index in [2.05, 4.69) is 29.2 Å². The minimum atomic E-state index is -0.535. The Labute approximate surface area is 178 Å². The molecule has 1 aliphatic rings. The molecule has 0 spiro atoms. The maximum atomic E-state index is 10.4. The number of halogens is 1. The Balaban J connectivity index is 0.00000300. The maximum absolute atomic E-state index is 10.4. The van der Waals surface area contributed by atoms with Crippen molar-refractivity contribution in [2.75, 3.05) is 41.0 Å². The monoisotopic (exact) mass is 422 g/mol. The van der Waals surface area contributed by atoms with Crippen LogP contribution in [0.1, 0.15) is 16.7 Å². The molecule has 1 heterocycles. The lowest BCUT2D eigenvalue weighted by molar-refractivity contribution is -0.0000144. The van der Waals surface area contributed by atoms with E-state index < -0.39 is 6.10 Å². The Kier molecular flexibility index (Phi) is 9.04. The Morgan fingerprint density at radius 3 is 2.28 bits per heavy atom. The summed E-state index contributed by atoms with van der Waals surface area (Å²) in [5.74, 6) is 1.74. The first kappa shape index (κ1) is 23.3. The number of rotatable bonds is 9. The van der Waals surface area contributed by atoms with Crippen molar-refractivity contribution in [1.82, 2.24) is 4.90 Å². The fraction of sp³-hybridized carbons (Fsp3) is 0.455. The van der Waals surface area contributed by atoms with Crippen LogP contribution in [-0.4, -0.2) is 57.1 Å². The largest absolute Gasteiger partial charge is 1.00 e. The molecular weight excluding hydrogens is 394 g/mol. The summed E-state index contributed by atoms with van der Waals surface area (Å²) >= 11 is 0. The number of β-amino-alcohol motifs (C(OH)–C–C–N with tert-alkyl or cyclic N) is 1. The average Bonchev–Trinajstić information content (AvgIpc) is 2.72. The highest BCUT2D eigenvalue weighted by molar-refractivity contribution is 5.53. The molecule has 7 heteroatoms. The summed E-state index contributed by atoms with van der Waals surface area (Å²) in [5.41, 5.74) is 3.65. The van der Waals surface area contributed by atoms with E-state index in [1.54, 1.807) is 21.3 Å². The van der Waals surface area contributed by atoms with Gasteiger partial charge in [0.1, 0.15) is 0 Å². The van der Waals surface area contributed by atoms with Gasteiger partial charge < -0.3 is 36.5 Å². The summed E-state index contributed by atoms with van der Waals surface area (Å²) in [6.45, 7) is 3.07. The predicted molar refractivity (Wildman–Crippen MR) is 107 cm³/mol. The number of fused-ring (bicyclic) bond motifs is 1. The molecule has 0 radical (unpaired) electrons. The van der Waals surface area contributed by atoms with Crippen molar-refractivity contribution in [2.24, 2.45) is 0 Å². The summed E-state index contributed by atoms with van der Waals surface area (Å²) < 4.78 is 21.8. The number of ether oxygens (including phenoxy) is 4. The van der Waals surface area contributed by atoms with Crippen LogP contribution < -0.4 is 26.6 Å². The number of aliphatic hydroxyl groups is 1. The van der Waals surface area contributed by atoms with Gasteiger partial charge in [0.15, 0.2) is 11.5 Å². The van der Waals surface area contributed by atoms with Gasteiger partial charge in [-0.3, -0.25) is 4.90 Å². The number of benzene rings is 2. The van der Waals surface area contributed by atoms with Crippen molar-refractivity contribution in [2.45, 2.75) is 25.7 Å². The first-order chi connectivity index (χ1) is 13.6. The van der Waals surface area contributed by atoms with Gasteiger partial charge >= 0.3 is 0 Å². The quantitative estimate of drug-likeness (QED) is 0.596. The van der Waals surface area contributed by atoms with E-state index in [1.807, 2.05) is 12.1 Å². The molecule has 29 heavy (non-hydrogen) atoms. The smallest absolute Gasteiger partial charge is 0.203 e. The SMILES string of the molecule is COc1cc(COCC(O)CN2CCc3ccccc3C2)cc(OC)c1OC.[Cl-]. The zero-order valence-electron chi connectivity index (χ0n) is 17.2. The first-order valence-electron chi connectivity index (χ1n) is 9.48. The van der Waals surface area contributed by atoms with E-state index in [1.165, 1.54) is 11.1 Å². The Morgan fingerprint density at radius 1 is 1.00 bits per heavy atom. The maximum Gasteiger partial charge on any atom is 0.203 e. The number of nitrogens with zero attached hydrogens (tertiary/aromatic N) is 1. The molecule has 0 aromatic heterocycles. The van der Waals surface area contributed by atoms with Gasteiger partial charge in [0.05, 0.1) is 40.6 Å². The van der Waals surface area contributed by atoms with E-state index in [9.17, 15) is 5.11 Å². The minimum Gasteiger partial charge on any atom is -1.00 e. The second kappa shape index (κ2) is 11.3. The molecular formula is C22H29ClNO5-. The molecule has 1 atom stereocenters. The van der Waals surface area contributed by atoms with Crippen molar-refractivity contribution in [3.8, 4) is 17.2 Å². The van der Waals surface area contributed by atoms with Crippen molar-refractivity contribution >= 4 is 0 Å². The van der Waals surface area contributed by atoms with Crippen molar-refractivity contribution < 1.29 is 36.5 Å². The topological polar surface area (TPSA) is 60.4 Å². The molecule has 0 aliphatic carbocycles. The Hall–Kier alpha value is -1.99. The molecule has 1 aliphatic heterocycles. The van der Waals surface area contributed by atoms with Gasteiger partial charge in [0, 0.05) is 19.6 Å². The molecule has 160 valence electrons. The zero-order valence-corrected chi connectivity index (χ0v) is 17.9. The molecule has 0 fully saturated rings. The molecule has 0 amide bonds. The molecule has 2 aromatic rings. The van der Waals surface area contributed by atoms with Crippen LogP contribution in [-0.2, 0) is 24.3 Å². The minimum absolute atomic E-state index is 0. The third-order valence-corrected chi connectivity index (χ3v) is 4.98. The highest BCUT2D eigenvalue weighted by atomic mass is 35.5. The van der Waals surface area contributed by atoms with Crippen molar-refractivity contribution in [3.63, 3.8) is 0 Å². The highest BCUT2D eigenvalue weighted by Gasteiger charge is 2.19. The van der Waals surface area contributed by atoms with Gasteiger partial charge in [0.25, 0.3) is 0 Å². The van der Waals surface area contributed by atoms with Gasteiger partial charge in [-0.25, -0.2) is 0 Å². The van der Waals surface area contributed by atoms with E-state index in [0.29, 0.717) is 30.4 Å². The number of hydrogen-bond donors (Lipinski definition) is 1. The molecule has 0 bridgehead atoms. The number of methoxy groups -OCH3 is 3. The van der Waals surface area contributed by atoms with Crippen molar-refractivity contribution in [1.29, 1.82) is 0 Å². The molecule has 0 saturated carbocycles. The zero-order chi connectivity index (χ0) is 19.9. The normalized spacial score (nSPS) is 14.5. The summed E-state index contributed by atoms with van der Waals surface area (Å²) in [6.07, 6.45) is 0.488. The molecule has 2 aromatic carbocycles. The molecule has 3 rings (SSSR count). The van der Waals surface area contributed by atoms with E-state index in [0.717, 1.165) is 25.1 Å². The van der Waals surface area contributed by atoms with Crippen LogP contribution >= 0.6 is 0 Å². The molecule has 6 nitrogen and oxygen atoms in total.